The van der Waals surface area contributed by atoms with Gasteiger partial charge in [0.2, 0.25) is 0 Å². The predicted octanol–water partition coefficient (Wildman–Crippen LogP) is 5.86. The number of nitrogens with one attached hydrogen (secondary N) is 1. The summed E-state index contributed by atoms with van der Waals surface area (Å²) in [6, 6.07) is 7.65. The van der Waals surface area contributed by atoms with Crippen LogP contribution >= 0.6 is 33.9 Å². The van der Waals surface area contributed by atoms with Crippen LogP contribution in [0.5, 0.6) is 0 Å². The Hall–Kier alpha value is -0.760. The quantitative estimate of drug-likeness (QED) is 0.597. The summed E-state index contributed by atoms with van der Waals surface area (Å²) < 4.78 is 38.9. The van der Waals surface area contributed by atoms with Crippen molar-refractivity contribution < 1.29 is 13.2 Å². The fraction of sp³-hybridized carbons (Fsp3) is 0.333. The van der Waals surface area contributed by atoms with Crippen LogP contribution in [0, 0.1) is 2.88 Å². The molecule has 1 aromatic heterocycles. The molecule has 0 saturated carbocycles. The zero-order valence-corrected chi connectivity index (χ0v) is 14.0. The highest BCUT2D eigenvalue weighted by Gasteiger charge is 2.30. The Morgan fingerprint density at radius 2 is 1.90 bits per heavy atom. The van der Waals surface area contributed by atoms with Crippen molar-refractivity contribution >= 4 is 39.6 Å². The van der Waals surface area contributed by atoms with Gasteiger partial charge in [-0.15, -0.1) is 11.3 Å². The lowest BCUT2D eigenvalue weighted by molar-refractivity contribution is -0.137. The molecule has 1 nitrogen and oxygen atoms in total. The van der Waals surface area contributed by atoms with E-state index in [0.29, 0.717) is 0 Å². The highest BCUT2D eigenvalue weighted by Crippen LogP contribution is 2.38. The third kappa shape index (κ3) is 3.36. The maximum atomic E-state index is 12.6. The molecule has 2 aromatic rings. The minimum Gasteiger partial charge on any atom is -0.378 e. The fourth-order valence-electron chi connectivity index (χ4n) is 2.63. The zero-order valence-electron chi connectivity index (χ0n) is 11.0. The van der Waals surface area contributed by atoms with Crippen LogP contribution in [0.25, 0.3) is 0 Å². The molecule has 112 valence electrons. The van der Waals surface area contributed by atoms with E-state index in [1.807, 2.05) is 11.3 Å². The molecule has 1 aliphatic carbocycles. The minimum absolute atomic E-state index is 0.199. The van der Waals surface area contributed by atoms with Gasteiger partial charge in [-0.3, -0.25) is 0 Å². The smallest absolute Gasteiger partial charge is 0.378 e. The second-order valence-corrected chi connectivity index (χ2v) is 8.12. The summed E-state index contributed by atoms with van der Waals surface area (Å²) in [4.78, 5) is 1.40. The number of benzene rings is 1. The fourth-order valence-corrected chi connectivity index (χ4v) is 4.75. The summed E-state index contributed by atoms with van der Waals surface area (Å²) in [7, 11) is 0. The van der Waals surface area contributed by atoms with Crippen LogP contribution in [0.3, 0.4) is 0 Å². The lowest BCUT2D eigenvalue weighted by Gasteiger charge is -2.24. The average Bonchev–Trinajstić information content (AvgIpc) is 2.80. The highest BCUT2D eigenvalue weighted by molar-refractivity contribution is 14.1. The second-order valence-electron chi connectivity index (χ2n) is 5.09. The normalized spacial score (nSPS) is 18.4. The Labute approximate surface area is 138 Å². The number of anilines is 1. The number of aryl methyl sites for hydroxylation is 1. The van der Waals surface area contributed by atoms with Gasteiger partial charge >= 0.3 is 6.18 Å². The summed E-state index contributed by atoms with van der Waals surface area (Å²) in [5.41, 5.74) is 1.43. The van der Waals surface area contributed by atoms with E-state index in [-0.39, 0.29) is 6.04 Å². The first-order chi connectivity index (χ1) is 9.93. The molecule has 1 aliphatic rings. The van der Waals surface area contributed by atoms with Gasteiger partial charge in [0.1, 0.15) is 0 Å². The maximum absolute atomic E-state index is 12.6. The molecule has 1 aromatic carbocycles. The number of hydrogen-bond donors (Lipinski definition) is 1. The van der Waals surface area contributed by atoms with Gasteiger partial charge in [0, 0.05) is 10.6 Å². The number of alkyl halides is 3. The molecule has 0 spiro atoms. The van der Waals surface area contributed by atoms with Gasteiger partial charge < -0.3 is 5.32 Å². The third-order valence-electron chi connectivity index (χ3n) is 3.64. The number of halogens is 4. The molecular formula is C15H13F3INS. The van der Waals surface area contributed by atoms with Gasteiger partial charge in [-0.05, 0) is 77.7 Å². The Morgan fingerprint density at radius 3 is 2.57 bits per heavy atom. The monoisotopic (exact) mass is 423 g/mol. The first-order valence-corrected chi connectivity index (χ1v) is 8.55. The largest absolute Gasteiger partial charge is 0.416 e. The molecule has 1 heterocycles. The molecule has 1 N–H and O–H groups in total. The van der Waals surface area contributed by atoms with E-state index in [1.165, 1.54) is 25.5 Å². The number of rotatable bonds is 2. The van der Waals surface area contributed by atoms with Crippen LogP contribution in [0.15, 0.2) is 30.3 Å². The molecule has 0 saturated heterocycles. The molecule has 1 unspecified atom stereocenters. The van der Waals surface area contributed by atoms with Gasteiger partial charge in [0.05, 0.1) is 14.5 Å². The van der Waals surface area contributed by atoms with E-state index >= 15 is 0 Å². The van der Waals surface area contributed by atoms with Crippen molar-refractivity contribution in [3.05, 3.63) is 49.2 Å². The van der Waals surface area contributed by atoms with E-state index < -0.39 is 11.7 Å². The van der Waals surface area contributed by atoms with Crippen LogP contribution in [0.4, 0.5) is 18.9 Å². The van der Waals surface area contributed by atoms with Crippen LogP contribution in [0.1, 0.15) is 34.9 Å². The Morgan fingerprint density at radius 1 is 1.19 bits per heavy atom. The second kappa shape index (κ2) is 5.79. The van der Waals surface area contributed by atoms with Crippen molar-refractivity contribution in [2.24, 2.45) is 0 Å². The maximum Gasteiger partial charge on any atom is 0.416 e. The van der Waals surface area contributed by atoms with E-state index in [4.69, 9.17) is 0 Å². The molecule has 0 fully saturated rings. The predicted molar refractivity (Wildman–Crippen MR) is 87.8 cm³/mol. The highest BCUT2D eigenvalue weighted by atomic mass is 127. The molecule has 0 radical (unpaired) electrons. The average molecular weight is 423 g/mol. The van der Waals surface area contributed by atoms with Crippen molar-refractivity contribution in [3.8, 4) is 0 Å². The van der Waals surface area contributed by atoms with Gasteiger partial charge in [-0.2, -0.15) is 13.2 Å². The molecule has 6 heteroatoms. The summed E-state index contributed by atoms with van der Waals surface area (Å²) in [5.74, 6) is 0. The van der Waals surface area contributed by atoms with E-state index in [2.05, 4.69) is 34.0 Å². The van der Waals surface area contributed by atoms with Gasteiger partial charge in [0.15, 0.2) is 0 Å². The van der Waals surface area contributed by atoms with Crippen molar-refractivity contribution in [3.63, 3.8) is 0 Å². The molecule has 1 atom stereocenters. The van der Waals surface area contributed by atoms with Crippen molar-refractivity contribution in [2.45, 2.75) is 31.5 Å². The van der Waals surface area contributed by atoms with E-state index in [0.717, 1.165) is 37.1 Å². The van der Waals surface area contributed by atoms with Crippen LogP contribution in [0.2, 0.25) is 0 Å². The van der Waals surface area contributed by atoms with Crippen LogP contribution in [-0.4, -0.2) is 0 Å². The summed E-state index contributed by atoms with van der Waals surface area (Å²) in [6.07, 6.45) is -1.04. The lowest BCUT2D eigenvalue weighted by atomic mass is 9.94. The Bertz CT molecular complexity index is 633. The molecule has 0 amide bonds. The molecule has 0 bridgehead atoms. The third-order valence-corrected chi connectivity index (χ3v) is 5.61. The Balaban J connectivity index is 1.78. The van der Waals surface area contributed by atoms with Crippen LogP contribution in [-0.2, 0) is 12.6 Å². The topological polar surface area (TPSA) is 12.0 Å². The molecule has 3 rings (SSSR count). The summed E-state index contributed by atoms with van der Waals surface area (Å²) >= 11 is 4.13. The number of thiophene rings is 1. The SMILES string of the molecule is FC(F)(F)c1ccc(NC2CCCc3sc(I)cc32)cc1. The van der Waals surface area contributed by atoms with Crippen LogP contribution < -0.4 is 5.32 Å². The van der Waals surface area contributed by atoms with Crippen molar-refractivity contribution in [1.82, 2.24) is 0 Å². The summed E-state index contributed by atoms with van der Waals surface area (Å²) in [5, 5.41) is 3.37. The first kappa shape index (κ1) is 15.1. The standard InChI is InChI=1S/C15H13F3INS/c16-15(17,18)9-4-6-10(7-5-9)20-12-2-1-3-13-11(12)8-14(19)21-13/h4-8,12,20H,1-3H2. The van der Waals surface area contributed by atoms with E-state index in [1.54, 1.807) is 0 Å². The molecule has 21 heavy (non-hydrogen) atoms. The van der Waals surface area contributed by atoms with Gasteiger partial charge in [-0.25, -0.2) is 0 Å². The lowest BCUT2D eigenvalue weighted by Crippen LogP contribution is -2.15. The summed E-state index contributed by atoms with van der Waals surface area (Å²) in [6.45, 7) is 0. The minimum atomic E-state index is -4.28. The van der Waals surface area contributed by atoms with Crippen molar-refractivity contribution in [2.75, 3.05) is 5.32 Å². The van der Waals surface area contributed by atoms with Crippen molar-refractivity contribution in [1.29, 1.82) is 0 Å². The van der Waals surface area contributed by atoms with Gasteiger partial charge in [-0.1, -0.05) is 0 Å². The first-order valence-electron chi connectivity index (χ1n) is 6.65. The zero-order chi connectivity index (χ0) is 15.0. The molecular weight excluding hydrogens is 410 g/mol. The molecule has 0 aliphatic heterocycles. The number of hydrogen-bond acceptors (Lipinski definition) is 2. The van der Waals surface area contributed by atoms with E-state index in [9.17, 15) is 13.2 Å². The van der Waals surface area contributed by atoms with Gasteiger partial charge in [0.25, 0.3) is 0 Å². The Kier molecular flexibility index (Phi) is 4.18. The number of fused-ring (bicyclic) bond motifs is 1.